The summed E-state index contributed by atoms with van der Waals surface area (Å²) < 4.78 is 16.8. The van der Waals surface area contributed by atoms with Crippen molar-refractivity contribution in [1.29, 1.82) is 0 Å². The molecule has 0 saturated carbocycles. The van der Waals surface area contributed by atoms with E-state index in [0.29, 0.717) is 22.5 Å². The molecule has 0 spiro atoms. The Morgan fingerprint density at radius 3 is 2.88 bits per heavy atom. The second-order valence-corrected chi connectivity index (χ2v) is 6.91. The largest absolute Gasteiger partial charge is 0.329 e. The third kappa shape index (κ3) is 2.48. The van der Waals surface area contributed by atoms with Crippen molar-refractivity contribution in [3.63, 3.8) is 0 Å². The van der Waals surface area contributed by atoms with Gasteiger partial charge in [0, 0.05) is 21.7 Å². The molecule has 5 nitrogen and oxygen atoms in total. The van der Waals surface area contributed by atoms with Crippen LogP contribution in [-0.4, -0.2) is 26.6 Å². The fourth-order valence-electron chi connectivity index (χ4n) is 2.61. The van der Waals surface area contributed by atoms with Gasteiger partial charge in [-0.15, -0.1) is 10.2 Å². The molecule has 0 atom stereocenters. The highest BCUT2D eigenvalue weighted by atomic mass is 127. The number of hydrogen-bond donors (Lipinski definition) is 0. The Morgan fingerprint density at radius 2 is 2.08 bits per heavy atom. The summed E-state index contributed by atoms with van der Waals surface area (Å²) in [5.74, 6) is 0.524. The Bertz CT molecular complexity index is 1080. The zero-order valence-corrected chi connectivity index (χ0v) is 15.3. The van der Waals surface area contributed by atoms with E-state index < -0.39 is 5.82 Å². The van der Waals surface area contributed by atoms with E-state index in [1.165, 1.54) is 12.4 Å². The number of aromatic nitrogens is 4. The molecule has 0 bridgehead atoms. The molecule has 24 heavy (non-hydrogen) atoms. The lowest BCUT2D eigenvalue weighted by Gasteiger charge is -2.21. The predicted octanol–water partition coefficient (Wildman–Crippen LogP) is 4.44. The van der Waals surface area contributed by atoms with Gasteiger partial charge in [0.1, 0.15) is 18.0 Å². The average Bonchev–Trinajstić information content (AvgIpc) is 3.03. The Hall–Kier alpha value is -2.00. The van der Waals surface area contributed by atoms with Crippen LogP contribution in [0.25, 0.3) is 16.7 Å². The lowest BCUT2D eigenvalue weighted by molar-refractivity contribution is 0.630. The van der Waals surface area contributed by atoms with Crippen molar-refractivity contribution in [1.82, 2.24) is 19.6 Å². The summed E-state index contributed by atoms with van der Waals surface area (Å²) in [6.45, 7) is 0. The molecular weight excluding hydrogens is 444 g/mol. The predicted molar refractivity (Wildman–Crippen MR) is 100 cm³/mol. The zero-order valence-electron chi connectivity index (χ0n) is 12.4. The Morgan fingerprint density at radius 1 is 1.25 bits per heavy atom. The fraction of sp³-hybridized carbons (Fsp3) is 0.0625. The van der Waals surface area contributed by atoms with Crippen LogP contribution in [-0.2, 0) is 0 Å². The topological polar surface area (TPSA) is 46.3 Å². The maximum Gasteiger partial charge on any atom is 0.257 e. The van der Waals surface area contributed by atoms with Crippen molar-refractivity contribution in [2.75, 3.05) is 11.9 Å². The van der Waals surface area contributed by atoms with Gasteiger partial charge in [0.25, 0.3) is 5.78 Å². The maximum atomic E-state index is 14.1. The van der Waals surface area contributed by atoms with Gasteiger partial charge in [-0.05, 0) is 52.9 Å². The molecule has 0 aliphatic heterocycles. The summed E-state index contributed by atoms with van der Waals surface area (Å²) in [6.07, 6.45) is 1.54. The molecule has 0 fully saturated rings. The van der Waals surface area contributed by atoms with Crippen LogP contribution < -0.4 is 4.90 Å². The lowest BCUT2D eigenvalue weighted by Crippen LogP contribution is -2.13. The highest BCUT2D eigenvalue weighted by molar-refractivity contribution is 14.1. The van der Waals surface area contributed by atoms with Gasteiger partial charge in [0.2, 0.25) is 0 Å². The molecule has 2 heterocycles. The smallest absolute Gasteiger partial charge is 0.257 e. The molecular formula is C16H10ClFIN5. The molecule has 4 aromatic rings. The normalized spacial score (nSPS) is 11.3. The summed E-state index contributed by atoms with van der Waals surface area (Å²) >= 11 is 8.21. The molecule has 0 aliphatic carbocycles. The van der Waals surface area contributed by atoms with E-state index in [2.05, 4.69) is 37.8 Å². The number of rotatable bonds is 2. The molecule has 8 heteroatoms. The van der Waals surface area contributed by atoms with E-state index in [1.54, 1.807) is 10.5 Å². The van der Waals surface area contributed by atoms with Crippen molar-refractivity contribution >= 4 is 62.4 Å². The SMILES string of the molecule is CN(c1cccc(I)c1)c1nc2nncn2c2cc(Cl)c(F)cc12. The molecule has 2 aromatic heterocycles. The number of fused-ring (bicyclic) bond motifs is 3. The first-order valence-electron chi connectivity index (χ1n) is 7.02. The first kappa shape index (κ1) is 15.5. The van der Waals surface area contributed by atoms with Crippen LogP contribution in [0.1, 0.15) is 0 Å². The van der Waals surface area contributed by atoms with E-state index in [-0.39, 0.29) is 5.02 Å². The molecule has 0 N–H and O–H groups in total. The van der Waals surface area contributed by atoms with Crippen LogP contribution in [0.2, 0.25) is 5.02 Å². The standard InChI is InChI=1S/C16H10ClFIN5/c1-23(10-4-2-3-9(19)5-10)15-11-6-13(18)12(17)7-14(11)24-8-20-22-16(24)21-15/h2-8H,1H3. The summed E-state index contributed by atoms with van der Waals surface area (Å²) in [6, 6.07) is 10.9. The van der Waals surface area contributed by atoms with Gasteiger partial charge < -0.3 is 4.90 Å². The van der Waals surface area contributed by atoms with Crippen LogP contribution in [0.3, 0.4) is 0 Å². The van der Waals surface area contributed by atoms with Crippen molar-refractivity contribution in [3.05, 3.63) is 57.1 Å². The molecule has 0 radical (unpaired) electrons. The molecule has 0 saturated heterocycles. The summed E-state index contributed by atoms with van der Waals surface area (Å²) in [5.41, 5.74) is 1.64. The highest BCUT2D eigenvalue weighted by Crippen LogP contribution is 2.33. The third-order valence-electron chi connectivity index (χ3n) is 3.79. The average molecular weight is 454 g/mol. The number of halogens is 3. The molecule has 4 rings (SSSR count). The van der Waals surface area contributed by atoms with Gasteiger partial charge in [-0.1, -0.05) is 17.7 Å². The molecule has 0 unspecified atom stereocenters. The number of hydrogen-bond acceptors (Lipinski definition) is 4. The van der Waals surface area contributed by atoms with E-state index in [1.807, 2.05) is 36.2 Å². The van der Waals surface area contributed by atoms with Crippen molar-refractivity contribution < 1.29 is 4.39 Å². The summed E-state index contributed by atoms with van der Waals surface area (Å²) in [7, 11) is 1.88. The van der Waals surface area contributed by atoms with E-state index in [4.69, 9.17) is 11.6 Å². The number of benzene rings is 2. The minimum atomic E-state index is -0.490. The van der Waals surface area contributed by atoms with Gasteiger partial charge in [0.15, 0.2) is 0 Å². The summed E-state index contributed by atoms with van der Waals surface area (Å²) in [4.78, 5) is 6.44. The van der Waals surface area contributed by atoms with Gasteiger partial charge in [0.05, 0.1) is 10.5 Å². The van der Waals surface area contributed by atoms with E-state index in [0.717, 1.165) is 9.26 Å². The number of anilines is 2. The van der Waals surface area contributed by atoms with Gasteiger partial charge in [-0.2, -0.15) is 4.98 Å². The van der Waals surface area contributed by atoms with Crippen LogP contribution in [0, 0.1) is 9.39 Å². The second-order valence-electron chi connectivity index (χ2n) is 5.26. The van der Waals surface area contributed by atoms with Crippen LogP contribution in [0.5, 0.6) is 0 Å². The number of nitrogens with zero attached hydrogens (tertiary/aromatic N) is 5. The van der Waals surface area contributed by atoms with Gasteiger partial charge in [-0.25, -0.2) is 4.39 Å². The van der Waals surface area contributed by atoms with Crippen LogP contribution in [0.4, 0.5) is 15.9 Å². The zero-order chi connectivity index (χ0) is 16.8. The van der Waals surface area contributed by atoms with Crippen molar-refractivity contribution in [2.24, 2.45) is 0 Å². The summed E-state index contributed by atoms with van der Waals surface area (Å²) in [5, 5.41) is 8.57. The van der Waals surface area contributed by atoms with Crippen molar-refractivity contribution in [3.8, 4) is 0 Å². The van der Waals surface area contributed by atoms with Crippen LogP contribution in [0.15, 0.2) is 42.7 Å². The van der Waals surface area contributed by atoms with E-state index in [9.17, 15) is 4.39 Å². The minimum absolute atomic E-state index is 0.0477. The van der Waals surface area contributed by atoms with Gasteiger partial charge in [-0.3, -0.25) is 4.40 Å². The second kappa shape index (κ2) is 5.82. The third-order valence-corrected chi connectivity index (χ3v) is 4.75. The monoisotopic (exact) mass is 453 g/mol. The molecule has 0 aliphatic rings. The highest BCUT2D eigenvalue weighted by Gasteiger charge is 2.17. The Balaban J connectivity index is 2.04. The Kier molecular flexibility index (Phi) is 3.76. The fourth-order valence-corrected chi connectivity index (χ4v) is 3.29. The Labute approximate surface area is 155 Å². The van der Waals surface area contributed by atoms with Crippen molar-refractivity contribution in [2.45, 2.75) is 0 Å². The first-order chi connectivity index (χ1) is 11.5. The first-order valence-corrected chi connectivity index (χ1v) is 8.48. The molecule has 2 aromatic carbocycles. The van der Waals surface area contributed by atoms with Crippen LogP contribution >= 0.6 is 34.2 Å². The molecule has 0 amide bonds. The van der Waals surface area contributed by atoms with E-state index >= 15 is 0 Å². The quantitative estimate of drug-likeness (QED) is 0.421. The molecule has 120 valence electrons. The maximum absolute atomic E-state index is 14.1. The van der Waals surface area contributed by atoms with Gasteiger partial charge >= 0.3 is 0 Å². The lowest BCUT2D eigenvalue weighted by atomic mass is 10.2. The minimum Gasteiger partial charge on any atom is -0.329 e.